The zero-order valence-corrected chi connectivity index (χ0v) is 7.88. The summed E-state index contributed by atoms with van der Waals surface area (Å²) in [5.74, 6) is -0.794. The number of unbranched alkanes of at least 4 members (excludes halogenated alkanes) is 2. The summed E-state index contributed by atoms with van der Waals surface area (Å²) in [5, 5.41) is 8.41. The first-order chi connectivity index (χ1) is 5.66. The Balaban J connectivity index is 3.19. The van der Waals surface area contributed by atoms with Crippen LogP contribution in [0.5, 0.6) is 0 Å². The standard InChI is InChI=1S/C9H18O3/c1-3-4-5-6-12-8(2)7-9(10)11/h8H,3-7H2,1-2H3,(H,10,11)/t8-/m0/s1. The lowest BCUT2D eigenvalue weighted by molar-refractivity contribution is -0.139. The Morgan fingerprint density at radius 3 is 2.67 bits per heavy atom. The predicted octanol–water partition coefficient (Wildman–Crippen LogP) is 2.06. The molecule has 0 radical (unpaired) electrons. The van der Waals surface area contributed by atoms with Gasteiger partial charge in [-0.3, -0.25) is 4.79 Å². The average molecular weight is 174 g/mol. The van der Waals surface area contributed by atoms with Crippen LogP contribution in [0.15, 0.2) is 0 Å². The Kier molecular flexibility index (Phi) is 6.76. The lowest BCUT2D eigenvalue weighted by atomic mass is 10.2. The normalized spacial score (nSPS) is 12.8. The first-order valence-corrected chi connectivity index (χ1v) is 4.50. The topological polar surface area (TPSA) is 46.5 Å². The van der Waals surface area contributed by atoms with E-state index in [4.69, 9.17) is 9.84 Å². The maximum absolute atomic E-state index is 10.2. The predicted molar refractivity (Wildman–Crippen MR) is 47.2 cm³/mol. The molecule has 0 aromatic heterocycles. The minimum atomic E-state index is -0.794. The highest BCUT2D eigenvalue weighted by Crippen LogP contribution is 2.00. The number of carboxylic acids is 1. The Morgan fingerprint density at radius 1 is 1.50 bits per heavy atom. The largest absolute Gasteiger partial charge is 0.481 e. The number of rotatable bonds is 7. The van der Waals surface area contributed by atoms with Crippen LogP contribution >= 0.6 is 0 Å². The molecule has 0 fully saturated rings. The highest BCUT2D eigenvalue weighted by Gasteiger charge is 2.06. The van der Waals surface area contributed by atoms with Crippen molar-refractivity contribution in [3.05, 3.63) is 0 Å². The third-order valence-corrected chi connectivity index (χ3v) is 1.61. The molecule has 0 saturated heterocycles. The molecule has 0 aromatic rings. The Labute approximate surface area is 73.7 Å². The molecule has 3 heteroatoms. The zero-order valence-electron chi connectivity index (χ0n) is 7.88. The summed E-state index contributed by atoms with van der Waals surface area (Å²) in [4.78, 5) is 10.2. The van der Waals surface area contributed by atoms with Gasteiger partial charge < -0.3 is 9.84 Å². The van der Waals surface area contributed by atoms with Crippen molar-refractivity contribution in [1.82, 2.24) is 0 Å². The lowest BCUT2D eigenvalue weighted by Crippen LogP contribution is -2.14. The van der Waals surface area contributed by atoms with Crippen LogP contribution in [-0.4, -0.2) is 23.8 Å². The fraction of sp³-hybridized carbons (Fsp3) is 0.889. The molecular weight excluding hydrogens is 156 g/mol. The van der Waals surface area contributed by atoms with E-state index >= 15 is 0 Å². The number of ether oxygens (including phenoxy) is 1. The van der Waals surface area contributed by atoms with E-state index in [0.717, 1.165) is 19.3 Å². The summed E-state index contributed by atoms with van der Waals surface area (Å²) in [6, 6.07) is 0. The van der Waals surface area contributed by atoms with Crippen LogP contribution in [0.2, 0.25) is 0 Å². The van der Waals surface area contributed by atoms with Gasteiger partial charge >= 0.3 is 5.97 Å². The molecule has 1 N–H and O–H groups in total. The van der Waals surface area contributed by atoms with Gasteiger partial charge in [0.25, 0.3) is 0 Å². The van der Waals surface area contributed by atoms with Crippen LogP contribution in [0, 0.1) is 0 Å². The summed E-state index contributed by atoms with van der Waals surface area (Å²) in [7, 11) is 0. The van der Waals surface area contributed by atoms with Crippen molar-refractivity contribution in [2.45, 2.75) is 45.6 Å². The Morgan fingerprint density at radius 2 is 2.17 bits per heavy atom. The molecule has 0 heterocycles. The summed E-state index contributed by atoms with van der Waals surface area (Å²) in [6.45, 7) is 4.60. The van der Waals surface area contributed by atoms with Gasteiger partial charge in [-0.1, -0.05) is 19.8 Å². The number of hydrogen-bond donors (Lipinski definition) is 1. The molecule has 0 aromatic carbocycles. The van der Waals surface area contributed by atoms with Crippen molar-refractivity contribution in [2.75, 3.05) is 6.61 Å². The second kappa shape index (κ2) is 7.10. The molecule has 0 saturated carbocycles. The second-order valence-electron chi connectivity index (χ2n) is 2.99. The van der Waals surface area contributed by atoms with Gasteiger partial charge in [-0.15, -0.1) is 0 Å². The minimum absolute atomic E-state index is 0.103. The third-order valence-electron chi connectivity index (χ3n) is 1.61. The van der Waals surface area contributed by atoms with Crippen LogP contribution < -0.4 is 0 Å². The SMILES string of the molecule is CCCCCO[C@@H](C)CC(=O)O. The number of aliphatic carboxylic acids is 1. The van der Waals surface area contributed by atoms with E-state index in [-0.39, 0.29) is 12.5 Å². The molecular formula is C9H18O3. The van der Waals surface area contributed by atoms with Gasteiger partial charge in [0.2, 0.25) is 0 Å². The Bertz CT molecular complexity index is 123. The van der Waals surface area contributed by atoms with Crippen molar-refractivity contribution in [3.63, 3.8) is 0 Å². The van der Waals surface area contributed by atoms with Gasteiger partial charge in [-0.2, -0.15) is 0 Å². The van der Waals surface area contributed by atoms with Gasteiger partial charge in [0, 0.05) is 6.61 Å². The molecule has 0 aliphatic rings. The monoisotopic (exact) mass is 174 g/mol. The smallest absolute Gasteiger partial charge is 0.305 e. The second-order valence-corrected chi connectivity index (χ2v) is 2.99. The molecule has 0 aliphatic heterocycles. The fourth-order valence-corrected chi connectivity index (χ4v) is 0.941. The van der Waals surface area contributed by atoms with Gasteiger partial charge in [0.15, 0.2) is 0 Å². The van der Waals surface area contributed by atoms with E-state index in [9.17, 15) is 4.79 Å². The molecule has 0 bridgehead atoms. The molecule has 0 amide bonds. The van der Waals surface area contributed by atoms with E-state index in [2.05, 4.69) is 6.92 Å². The van der Waals surface area contributed by atoms with Crippen LogP contribution in [0.4, 0.5) is 0 Å². The maximum atomic E-state index is 10.2. The molecule has 0 spiro atoms. The molecule has 72 valence electrons. The van der Waals surface area contributed by atoms with E-state index in [1.165, 1.54) is 0 Å². The summed E-state index contributed by atoms with van der Waals surface area (Å²) >= 11 is 0. The highest BCUT2D eigenvalue weighted by atomic mass is 16.5. The summed E-state index contributed by atoms with van der Waals surface area (Å²) in [6.07, 6.45) is 3.29. The molecule has 12 heavy (non-hydrogen) atoms. The van der Waals surface area contributed by atoms with Crippen molar-refractivity contribution in [3.8, 4) is 0 Å². The quantitative estimate of drug-likeness (QED) is 0.601. The number of carbonyl (C=O) groups is 1. The van der Waals surface area contributed by atoms with Gasteiger partial charge in [0.05, 0.1) is 12.5 Å². The third kappa shape index (κ3) is 7.54. The van der Waals surface area contributed by atoms with Gasteiger partial charge in [-0.25, -0.2) is 0 Å². The van der Waals surface area contributed by atoms with Crippen molar-refractivity contribution in [2.24, 2.45) is 0 Å². The fourth-order valence-electron chi connectivity index (χ4n) is 0.941. The highest BCUT2D eigenvalue weighted by molar-refractivity contribution is 5.67. The first kappa shape index (κ1) is 11.4. The molecule has 0 aliphatic carbocycles. The zero-order chi connectivity index (χ0) is 9.40. The molecule has 0 unspecified atom stereocenters. The van der Waals surface area contributed by atoms with Crippen molar-refractivity contribution >= 4 is 5.97 Å². The minimum Gasteiger partial charge on any atom is -0.481 e. The van der Waals surface area contributed by atoms with E-state index in [1.807, 2.05) is 0 Å². The van der Waals surface area contributed by atoms with E-state index in [0.29, 0.717) is 6.61 Å². The first-order valence-electron chi connectivity index (χ1n) is 4.50. The molecule has 0 rings (SSSR count). The van der Waals surface area contributed by atoms with Crippen LogP contribution in [0.3, 0.4) is 0 Å². The lowest BCUT2D eigenvalue weighted by Gasteiger charge is -2.09. The number of hydrogen-bond acceptors (Lipinski definition) is 2. The van der Waals surface area contributed by atoms with Gasteiger partial charge in [-0.05, 0) is 13.3 Å². The summed E-state index contributed by atoms with van der Waals surface area (Å²) in [5.41, 5.74) is 0. The van der Waals surface area contributed by atoms with E-state index in [1.54, 1.807) is 6.92 Å². The summed E-state index contributed by atoms with van der Waals surface area (Å²) < 4.78 is 5.27. The maximum Gasteiger partial charge on any atom is 0.305 e. The van der Waals surface area contributed by atoms with Gasteiger partial charge in [0.1, 0.15) is 0 Å². The van der Waals surface area contributed by atoms with Crippen LogP contribution in [-0.2, 0) is 9.53 Å². The Hall–Kier alpha value is -0.570. The van der Waals surface area contributed by atoms with Crippen molar-refractivity contribution in [1.29, 1.82) is 0 Å². The average Bonchev–Trinajstić information content (AvgIpc) is 1.97. The van der Waals surface area contributed by atoms with Crippen LogP contribution in [0.25, 0.3) is 0 Å². The molecule has 1 atom stereocenters. The van der Waals surface area contributed by atoms with Crippen LogP contribution in [0.1, 0.15) is 39.5 Å². The molecule has 3 nitrogen and oxygen atoms in total. The van der Waals surface area contributed by atoms with E-state index < -0.39 is 5.97 Å². The van der Waals surface area contributed by atoms with Crippen molar-refractivity contribution < 1.29 is 14.6 Å². The number of carboxylic acid groups (broad SMARTS) is 1.